The first-order valence-electron chi connectivity index (χ1n) is 9.60. The Morgan fingerprint density at radius 1 is 0.875 bits per heavy atom. The third kappa shape index (κ3) is 23.8. The molecule has 0 aliphatic carbocycles. The molecule has 1 aromatic rings. The van der Waals surface area contributed by atoms with Gasteiger partial charge in [-0.3, -0.25) is 0 Å². The van der Waals surface area contributed by atoms with Crippen LogP contribution in [-0.2, 0) is 4.74 Å². The molecule has 1 rings (SSSR count). The Kier molecular flexibility index (Phi) is 22.1. The number of benzene rings is 1. The van der Waals surface area contributed by atoms with Gasteiger partial charge in [-0.05, 0) is 37.6 Å². The number of hydrogen-bond donors (Lipinski definition) is 0. The van der Waals surface area contributed by atoms with Gasteiger partial charge in [0.2, 0.25) is 0 Å². The zero-order valence-electron chi connectivity index (χ0n) is 19.6. The summed E-state index contributed by atoms with van der Waals surface area (Å²) in [6, 6.07) is 3.25. The van der Waals surface area contributed by atoms with Gasteiger partial charge >= 0.3 is 12.7 Å². The lowest BCUT2D eigenvalue weighted by molar-refractivity contribution is -0.304. The Balaban J connectivity index is -0.000000198. The minimum Gasteiger partial charge on any atom is -0.403 e. The molecule has 0 spiro atoms. The molecule has 0 bridgehead atoms. The molecule has 188 valence electrons. The van der Waals surface area contributed by atoms with Crippen LogP contribution in [0.4, 0.5) is 35.1 Å². The lowest BCUT2D eigenvalue weighted by Crippen LogP contribution is -2.17. The van der Waals surface area contributed by atoms with Crippen LogP contribution in [-0.4, -0.2) is 12.7 Å². The van der Waals surface area contributed by atoms with Crippen molar-refractivity contribution < 1.29 is 44.6 Å². The standard InChI is InChI=1S/C8H6F4O.C8H8F4O.3C2H6/c1-5-2-3-7(6(9)4-5)13-8(10,11)12;1-5(2)4-7(6(3)9)13-8(10,11)12;3*1-2/h2-4H,1H3;4H,1,3H2,2H3;3*1-2H3/b;7-4+;;;. The van der Waals surface area contributed by atoms with Crippen LogP contribution in [0.3, 0.4) is 0 Å². The summed E-state index contributed by atoms with van der Waals surface area (Å²) in [7, 11) is 0. The third-order valence-electron chi connectivity index (χ3n) is 2.18. The number of hydrogen-bond acceptors (Lipinski definition) is 2. The van der Waals surface area contributed by atoms with Crippen LogP contribution in [0.15, 0.2) is 54.6 Å². The Bertz CT molecular complexity index is 675. The highest BCUT2D eigenvalue weighted by Gasteiger charge is 2.33. The second kappa shape index (κ2) is 19.2. The van der Waals surface area contributed by atoms with Crippen LogP contribution in [0.1, 0.15) is 54.0 Å². The Morgan fingerprint density at radius 2 is 1.31 bits per heavy atom. The van der Waals surface area contributed by atoms with Crippen molar-refractivity contribution in [1.29, 1.82) is 0 Å². The zero-order chi connectivity index (χ0) is 26.7. The number of alkyl halides is 6. The number of rotatable bonds is 4. The van der Waals surface area contributed by atoms with Crippen molar-refractivity contribution in [2.75, 3.05) is 0 Å². The second-order valence-electron chi connectivity index (χ2n) is 4.79. The molecule has 0 aliphatic heterocycles. The van der Waals surface area contributed by atoms with Gasteiger partial charge in [0, 0.05) is 0 Å². The van der Waals surface area contributed by atoms with E-state index in [-0.39, 0.29) is 5.57 Å². The molecule has 0 amide bonds. The molecule has 0 heterocycles. The van der Waals surface area contributed by atoms with Crippen molar-refractivity contribution in [3.63, 3.8) is 0 Å². The Morgan fingerprint density at radius 3 is 1.59 bits per heavy atom. The van der Waals surface area contributed by atoms with Crippen LogP contribution in [0, 0.1) is 12.7 Å². The summed E-state index contributed by atoms with van der Waals surface area (Å²) in [5.41, 5.74) is 0.769. The third-order valence-corrected chi connectivity index (χ3v) is 2.18. The van der Waals surface area contributed by atoms with Crippen molar-refractivity contribution in [2.45, 2.75) is 68.1 Å². The molecule has 0 atom stereocenters. The molecule has 0 fully saturated rings. The van der Waals surface area contributed by atoms with E-state index in [1.807, 2.05) is 41.5 Å². The van der Waals surface area contributed by atoms with E-state index in [1.165, 1.54) is 13.0 Å². The highest BCUT2D eigenvalue weighted by Crippen LogP contribution is 2.26. The molecule has 0 saturated heterocycles. The van der Waals surface area contributed by atoms with E-state index < -0.39 is 35.9 Å². The van der Waals surface area contributed by atoms with Crippen LogP contribution in [0.25, 0.3) is 0 Å². The molecule has 0 radical (unpaired) electrons. The van der Waals surface area contributed by atoms with Crippen molar-refractivity contribution in [3.8, 4) is 5.75 Å². The SMILES string of the molecule is C=C(C)/C=C(/OC(F)(F)F)C(=C)F.CC.CC.CC.Cc1ccc(OC(F)(F)F)c(F)c1. The monoisotopic (exact) mass is 480 g/mol. The summed E-state index contributed by atoms with van der Waals surface area (Å²) in [5, 5.41) is 0. The van der Waals surface area contributed by atoms with Gasteiger partial charge < -0.3 is 9.47 Å². The maximum absolute atomic E-state index is 12.8. The minimum atomic E-state index is -4.92. The number of ether oxygens (including phenoxy) is 2. The van der Waals surface area contributed by atoms with Gasteiger partial charge in [-0.15, -0.1) is 26.3 Å². The highest BCUT2D eigenvalue weighted by molar-refractivity contribution is 5.28. The summed E-state index contributed by atoms with van der Waals surface area (Å²) in [5.74, 6) is -4.09. The molecular formula is C22H32F8O2. The fourth-order valence-electron chi connectivity index (χ4n) is 1.32. The summed E-state index contributed by atoms with van der Waals surface area (Å²) >= 11 is 0. The number of aryl methyl sites for hydroxylation is 1. The number of allylic oxidation sites excluding steroid dienone is 3. The second-order valence-corrected chi connectivity index (χ2v) is 4.79. The molecular weight excluding hydrogens is 448 g/mol. The lowest BCUT2D eigenvalue weighted by Gasteiger charge is -2.10. The van der Waals surface area contributed by atoms with E-state index in [1.54, 1.807) is 6.92 Å². The van der Waals surface area contributed by atoms with Crippen LogP contribution in [0.5, 0.6) is 5.75 Å². The average molecular weight is 480 g/mol. The Hall–Kier alpha value is -2.52. The molecule has 0 unspecified atom stereocenters. The smallest absolute Gasteiger partial charge is 0.403 e. The van der Waals surface area contributed by atoms with E-state index in [9.17, 15) is 35.1 Å². The van der Waals surface area contributed by atoms with E-state index in [0.717, 1.165) is 18.2 Å². The molecule has 0 aromatic heterocycles. The van der Waals surface area contributed by atoms with Gasteiger partial charge in [-0.25, -0.2) is 8.78 Å². The lowest BCUT2D eigenvalue weighted by atomic mass is 10.2. The molecule has 0 saturated carbocycles. The molecule has 32 heavy (non-hydrogen) atoms. The van der Waals surface area contributed by atoms with E-state index >= 15 is 0 Å². The average Bonchev–Trinajstić information content (AvgIpc) is 2.66. The van der Waals surface area contributed by atoms with E-state index in [2.05, 4.69) is 22.6 Å². The summed E-state index contributed by atoms with van der Waals surface area (Å²) in [4.78, 5) is 0. The van der Waals surface area contributed by atoms with Crippen molar-refractivity contribution in [1.82, 2.24) is 0 Å². The summed E-state index contributed by atoms with van der Waals surface area (Å²) in [6.07, 6.45) is -8.96. The molecule has 2 nitrogen and oxygen atoms in total. The minimum absolute atomic E-state index is 0.234. The van der Waals surface area contributed by atoms with E-state index in [0.29, 0.717) is 5.56 Å². The highest BCUT2D eigenvalue weighted by atomic mass is 19.4. The van der Waals surface area contributed by atoms with Crippen LogP contribution in [0.2, 0.25) is 0 Å². The van der Waals surface area contributed by atoms with Crippen LogP contribution >= 0.6 is 0 Å². The first kappa shape index (κ1) is 36.8. The summed E-state index contributed by atoms with van der Waals surface area (Å²) in [6.45, 7) is 20.9. The van der Waals surface area contributed by atoms with Crippen molar-refractivity contribution in [3.05, 3.63) is 66.0 Å². The normalized spacial score (nSPS) is 10.3. The molecule has 10 heteroatoms. The quantitative estimate of drug-likeness (QED) is 0.243. The molecule has 0 aliphatic rings. The first-order valence-corrected chi connectivity index (χ1v) is 9.60. The largest absolute Gasteiger partial charge is 0.573 e. The molecule has 1 aromatic carbocycles. The molecule has 0 N–H and O–H groups in total. The van der Waals surface area contributed by atoms with Gasteiger partial charge in [-0.2, -0.15) is 0 Å². The summed E-state index contributed by atoms with van der Waals surface area (Å²) < 4.78 is 102. The zero-order valence-corrected chi connectivity index (χ0v) is 19.6. The first-order chi connectivity index (χ1) is 14.6. The van der Waals surface area contributed by atoms with Crippen molar-refractivity contribution in [2.24, 2.45) is 0 Å². The van der Waals surface area contributed by atoms with E-state index in [4.69, 9.17) is 0 Å². The van der Waals surface area contributed by atoms with Crippen molar-refractivity contribution >= 4 is 0 Å². The topological polar surface area (TPSA) is 18.5 Å². The fraction of sp³-hybridized carbons (Fsp3) is 0.455. The number of halogens is 8. The maximum atomic E-state index is 12.8. The van der Waals surface area contributed by atoms with Gasteiger partial charge in [-0.1, -0.05) is 66.3 Å². The van der Waals surface area contributed by atoms with Crippen LogP contribution < -0.4 is 4.74 Å². The predicted molar refractivity (Wildman–Crippen MR) is 112 cm³/mol. The maximum Gasteiger partial charge on any atom is 0.573 e. The van der Waals surface area contributed by atoms with Gasteiger partial charge in [0.05, 0.1) is 0 Å². The van der Waals surface area contributed by atoms with Gasteiger partial charge in [0.1, 0.15) is 0 Å². The van der Waals surface area contributed by atoms with Gasteiger partial charge in [0.15, 0.2) is 23.2 Å². The Labute approximate surface area is 185 Å². The fourth-order valence-corrected chi connectivity index (χ4v) is 1.32. The predicted octanol–water partition coefficient (Wildman–Crippen LogP) is 9.58. The van der Waals surface area contributed by atoms with Gasteiger partial charge in [0.25, 0.3) is 0 Å².